The molecule has 0 aromatic carbocycles. The van der Waals surface area contributed by atoms with Gasteiger partial charge in [0, 0.05) is 6.20 Å². The van der Waals surface area contributed by atoms with E-state index in [4.69, 9.17) is 0 Å². The Bertz CT molecular complexity index is 501. The van der Waals surface area contributed by atoms with Gasteiger partial charge in [0.2, 0.25) is 5.91 Å². The molecule has 0 spiro atoms. The summed E-state index contributed by atoms with van der Waals surface area (Å²) in [5.41, 5.74) is 1.55. The van der Waals surface area contributed by atoms with Crippen LogP contribution in [0.25, 0.3) is 11.4 Å². The SMILES string of the molecule is O=C(CSc1ncc(-c2ccncn2)[nH]1)NS. The summed E-state index contributed by atoms with van der Waals surface area (Å²) < 4.78 is 2.25. The average molecular weight is 267 g/mol. The maximum absolute atomic E-state index is 11.0. The third kappa shape index (κ3) is 3.21. The van der Waals surface area contributed by atoms with Crippen LogP contribution < -0.4 is 4.72 Å². The predicted octanol–water partition coefficient (Wildman–Crippen LogP) is 0.920. The number of aromatic nitrogens is 4. The van der Waals surface area contributed by atoms with Gasteiger partial charge < -0.3 is 9.71 Å². The predicted molar refractivity (Wildman–Crippen MR) is 67.5 cm³/mol. The second-order valence-corrected chi connectivity index (χ2v) is 4.21. The van der Waals surface area contributed by atoms with Gasteiger partial charge in [-0.05, 0) is 6.07 Å². The Morgan fingerprint density at radius 2 is 2.41 bits per heavy atom. The topological polar surface area (TPSA) is 83.6 Å². The van der Waals surface area contributed by atoms with Crippen molar-refractivity contribution in [1.29, 1.82) is 0 Å². The zero-order valence-corrected chi connectivity index (χ0v) is 10.3. The van der Waals surface area contributed by atoms with Gasteiger partial charge in [0.25, 0.3) is 0 Å². The molecule has 0 bridgehead atoms. The van der Waals surface area contributed by atoms with E-state index in [0.29, 0.717) is 5.16 Å². The van der Waals surface area contributed by atoms with E-state index in [9.17, 15) is 4.79 Å². The number of nitrogens with zero attached hydrogens (tertiary/aromatic N) is 3. The molecule has 0 atom stereocenters. The molecule has 0 fully saturated rings. The number of H-pyrrole nitrogens is 1. The Balaban J connectivity index is 2.04. The van der Waals surface area contributed by atoms with Gasteiger partial charge in [-0.15, -0.1) is 0 Å². The number of rotatable bonds is 4. The van der Waals surface area contributed by atoms with E-state index >= 15 is 0 Å². The van der Waals surface area contributed by atoms with Crippen molar-refractivity contribution in [3.63, 3.8) is 0 Å². The molecule has 2 aromatic heterocycles. The number of carbonyl (C=O) groups excluding carboxylic acids is 1. The van der Waals surface area contributed by atoms with Crippen LogP contribution in [0.15, 0.2) is 29.9 Å². The standard InChI is InChI=1S/C9H9N5OS2/c15-8(14-16)4-17-9-11-3-7(13-9)6-1-2-10-5-12-6/h1-3,5,16H,4H2,(H,11,13)(H,14,15). The number of thiol groups is 1. The van der Waals surface area contributed by atoms with Crippen molar-refractivity contribution in [3.8, 4) is 11.4 Å². The summed E-state index contributed by atoms with van der Waals surface area (Å²) in [4.78, 5) is 26.1. The molecule has 6 nitrogen and oxygen atoms in total. The molecular weight excluding hydrogens is 258 g/mol. The Morgan fingerprint density at radius 1 is 1.53 bits per heavy atom. The zero-order valence-electron chi connectivity index (χ0n) is 8.62. The summed E-state index contributed by atoms with van der Waals surface area (Å²) in [7, 11) is 0. The Labute approximate surface area is 107 Å². The number of thioether (sulfide) groups is 1. The number of amides is 1. The minimum Gasteiger partial charge on any atom is -0.332 e. The molecule has 88 valence electrons. The van der Waals surface area contributed by atoms with Crippen molar-refractivity contribution >= 4 is 30.5 Å². The van der Waals surface area contributed by atoms with E-state index in [0.717, 1.165) is 11.4 Å². The highest BCUT2D eigenvalue weighted by atomic mass is 32.2. The molecule has 2 rings (SSSR count). The van der Waals surface area contributed by atoms with E-state index in [1.54, 1.807) is 18.5 Å². The number of hydrogen-bond donors (Lipinski definition) is 3. The number of carbonyl (C=O) groups is 1. The van der Waals surface area contributed by atoms with Gasteiger partial charge in [-0.1, -0.05) is 24.6 Å². The third-order valence-electron chi connectivity index (χ3n) is 1.88. The maximum Gasteiger partial charge on any atom is 0.240 e. The largest absolute Gasteiger partial charge is 0.332 e. The number of nitrogens with one attached hydrogen (secondary N) is 2. The summed E-state index contributed by atoms with van der Waals surface area (Å²) in [6.07, 6.45) is 4.80. The summed E-state index contributed by atoms with van der Waals surface area (Å²) in [5, 5.41) is 0.663. The lowest BCUT2D eigenvalue weighted by atomic mass is 10.3. The molecule has 0 unspecified atom stereocenters. The lowest BCUT2D eigenvalue weighted by Gasteiger charge is -1.96. The van der Waals surface area contributed by atoms with Crippen LogP contribution in [0.3, 0.4) is 0 Å². The summed E-state index contributed by atoms with van der Waals surface area (Å²) in [6, 6.07) is 1.78. The van der Waals surface area contributed by atoms with Gasteiger partial charge in [-0.25, -0.2) is 15.0 Å². The van der Waals surface area contributed by atoms with Gasteiger partial charge in [0.05, 0.1) is 23.3 Å². The van der Waals surface area contributed by atoms with Crippen LogP contribution in [0.2, 0.25) is 0 Å². The number of hydrogen-bond acceptors (Lipinski definition) is 6. The zero-order chi connectivity index (χ0) is 12.1. The van der Waals surface area contributed by atoms with Crippen LogP contribution >= 0.6 is 24.6 Å². The van der Waals surface area contributed by atoms with E-state index in [-0.39, 0.29) is 11.7 Å². The lowest BCUT2D eigenvalue weighted by molar-refractivity contribution is -0.116. The van der Waals surface area contributed by atoms with Gasteiger partial charge in [0.15, 0.2) is 5.16 Å². The molecule has 17 heavy (non-hydrogen) atoms. The molecule has 1 amide bonds. The van der Waals surface area contributed by atoms with Crippen LogP contribution in [0.4, 0.5) is 0 Å². The van der Waals surface area contributed by atoms with Crippen molar-refractivity contribution in [3.05, 3.63) is 24.8 Å². The van der Waals surface area contributed by atoms with Crippen molar-refractivity contribution in [2.45, 2.75) is 5.16 Å². The first-order chi connectivity index (χ1) is 8.29. The van der Waals surface area contributed by atoms with Crippen molar-refractivity contribution in [2.24, 2.45) is 0 Å². The second kappa shape index (κ2) is 5.69. The first-order valence-corrected chi connectivity index (χ1v) is 6.10. The molecule has 0 radical (unpaired) electrons. The van der Waals surface area contributed by atoms with Crippen molar-refractivity contribution in [1.82, 2.24) is 24.7 Å². The van der Waals surface area contributed by atoms with Crippen LogP contribution in [-0.4, -0.2) is 31.6 Å². The molecule has 0 saturated heterocycles. The minimum atomic E-state index is -0.168. The Morgan fingerprint density at radius 3 is 3.12 bits per heavy atom. The van der Waals surface area contributed by atoms with Gasteiger partial charge >= 0.3 is 0 Å². The monoisotopic (exact) mass is 267 g/mol. The first kappa shape index (κ1) is 11.9. The molecule has 2 N–H and O–H groups in total. The average Bonchev–Trinajstić information content (AvgIpc) is 2.86. The molecular formula is C9H9N5OS2. The number of aromatic amines is 1. The fourth-order valence-electron chi connectivity index (χ4n) is 1.12. The minimum absolute atomic E-state index is 0.168. The molecule has 0 aliphatic carbocycles. The summed E-state index contributed by atoms with van der Waals surface area (Å²) in [5.74, 6) is 0.0959. The van der Waals surface area contributed by atoms with Gasteiger partial charge in [0.1, 0.15) is 6.33 Å². The second-order valence-electron chi connectivity index (χ2n) is 3.02. The smallest absolute Gasteiger partial charge is 0.240 e. The summed E-state index contributed by atoms with van der Waals surface area (Å²) >= 11 is 4.96. The Hall–Kier alpha value is -1.54. The molecule has 0 saturated carbocycles. The van der Waals surface area contributed by atoms with Crippen LogP contribution in [-0.2, 0) is 4.79 Å². The van der Waals surface area contributed by atoms with Crippen LogP contribution in [0.1, 0.15) is 0 Å². The molecule has 2 aromatic rings. The van der Waals surface area contributed by atoms with Crippen LogP contribution in [0.5, 0.6) is 0 Å². The van der Waals surface area contributed by atoms with Crippen molar-refractivity contribution < 1.29 is 4.79 Å². The van der Waals surface area contributed by atoms with E-state index in [2.05, 4.69) is 37.5 Å². The molecule has 0 aliphatic heterocycles. The first-order valence-electron chi connectivity index (χ1n) is 4.66. The maximum atomic E-state index is 11.0. The van der Waals surface area contributed by atoms with Crippen LogP contribution in [0, 0.1) is 0 Å². The third-order valence-corrected chi connectivity index (χ3v) is 3.01. The fraction of sp³-hybridized carbons (Fsp3) is 0.111. The van der Waals surface area contributed by atoms with Gasteiger partial charge in [-0.3, -0.25) is 4.79 Å². The quantitative estimate of drug-likeness (QED) is 0.567. The molecule has 8 heteroatoms. The lowest BCUT2D eigenvalue weighted by Crippen LogP contribution is -2.14. The van der Waals surface area contributed by atoms with E-state index in [1.165, 1.54) is 18.1 Å². The normalized spacial score (nSPS) is 10.2. The van der Waals surface area contributed by atoms with Crippen molar-refractivity contribution in [2.75, 3.05) is 5.75 Å². The van der Waals surface area contributed by atoms with E-state index in [1.807, 2.05) is 0 Å². The highest BCUT2D eigenvalue weighted by Crippen LogP contribution is 2.18. The Kier molecular flexibility index (Phi) is 3.99. The molecule has 2 heterocycles. The highest BCUT2D eigenvalue weighted by Gasteiger charge is 2.06. The fourth-order valence-corrected chi connectivity index (χ4v) is 1.96. The summed E-state index contributed by atoms with van der Waals surface area (Å²) in [6.45, 7) is 0. The van der Waals surface area contributed by atoms with E-state index < -0.39 is 0 Å². The molecule has 0 aliphatic rings. The van der Waals surface area contributed by atoms with Gasteiger partial charge in [-0.2, -0.15) is 0 Å². The highest BCUT2D eigenvalue weighted by molar-refractivity contribution is 7.99. The number of imidazole rings is 1.